The van der Waals surface area contributed by atoms with E-state index in [1.165, 1.54) is 6.07 Å². The second-order valence-corrected chi connectivity index (χ2v) is 4.91. The zero-order chi connectivity index (χ0) is 13.1. The molecule has 2 rings (SSSR count). The van der Waals surface area contributed by atoms with Crippen molar-refractivity contribution >= 4 is 22.8 Å². The number of thiophene rings is 1. The molecule has 6 heteroatoms. The molecular weight excluding hydrogens is 250 g/mol. The summed E-state index contributed by atoms with van der Waals surface area (Å²) in [5.41, 5.74) is 1.25. The Balaban J connectivity index is 2.53. The van der Waals surface area contributed by atoms with Gasteiger partial charge < -0.3 is 5.32 Å². The van der Waals surface area contributed by atoms with Gasteiger partial charge in [0, 0.05) is 28.4 Å². The van der Waals surface area contributed by atoms with Crippen LogP contribution in [-0.2, 0) is 0 Å². The number of aromatic nitrogens is 1. The molecule has 2 heterocycles. The van der Waals surface area contributed by atoms with Gasteiger partial charge in [-0.15, -0.1) is 11.3 Å². The maximum Gasteiger partial charge on any atom is 0.295 e. The van der Waals surface area contributed by atoms with Crippen LogP contribution in [0.25, 0.3) is 11.3 Å². The Hall–Kier alpha value is -1.95. The molecule has 2 aromatic rings. The second-order valence-electron chi connectivity index (χ2n) is 3.80. The van der Waals surface area contributed by atoms with E-state index in [2.05, 4.69) is 10.3 Å². The Bertz CT molecular complexity index is 580. The monoisotopic (exact) mass is 263 g/mol. The van der Waals surface area contributed by atoms with Gasteiger partial charge in [-0.3, -0.25) is 10.1 Å². The number of hydrogen-bond acceptors (Lipinski definition) is 5. The van der Waals surface area contributed by atoms with Gasteiger partial charge in [0.2, 0.25) is 0 Å². The molecule has 5 nitrogen and oxygen atoms in total. The van der Waals surface area contributed by atoms with Crippen LogP contribution in [0.4, 0.5) is 11.5 Å². The van der Waals surface area contributed by atoms with E-state index >= 15 is 0 Å². The van der Waals surface area contributed by atoms with Gasteiger partial charge in [-0.25, -0.2) is 4.98 Å². The lowest BCUT2D eigenvalue weighted by Gasteiger charge is -2.05. The van der Waals surface area contributed by atoms with Gasteiger partial charge in [0.25, 0.3) is 5.69 Å². The third kappa shape index (κ3) is 2.48. The number of aryl methyl sites for hydroxylation is 1. The van der Waals surface area contributed by atoms with E-state index in [9.17, 15) is 10.1 Å². The van der Waals surface area contributed by atoms with E-state index in [-0.39, 0.29) is 5.69 Å². The van der Waals surface area contributed by atoms with Crippen LogP contribution in [0.3, 0.4) is 0 Å². The predicted molar refractivity (Wildman–Crippen MR) is 73.1 cm³/mol. The highest BCUT2D eigenvalue weighted by Crippen LogP contribution is 2.32. The first-order chi connectivity index (χ1) is 8.61. The van der Waals surface area contributed by atoms with Gasteiger partial charge in [-0.1, -0.05) is 0 Å². The molecule has 0 aliphatic rings. The van der Waals surface area contributed by atoms with Crippen molar-refractivity contribution in [2.24, 2.45) is 0 Å². The topological polar surface area (TPSA) is 68.1 Å². The van der Waals surface area contributed by atoms with Crippen LogP contribution in [0.5, 0.6) is 0 Å². The van der Waals surface area contributed by atoms with E-state index in [4.69, 9.17) is 0 Å². The highest BCUT2D eigenvalue weighted by Gasteiger charge is 2.18. The van der Waals surface area contributed by atoms with Crippen molar-refractivity contribution in [2.75, 3.05) is 11.9 Å². The molecule has 0 spiro atoms. The third-order valence-corrected chi connectivity index (χ3v) is 3.29. The molecule has 0 fully saturated rings. The van der Waals surface area contributed by atoms with Gasteiger partial charge >= 0.3 is 0 Å². The molecule has 0 amide bonds. The van der Waals surface area contributed by atoms with Crippen molar-refractivity contribution in [3.63, 3.8) is 0 Å². The molecule has 1 N–H and O–H groups in total. The van der Waals surface area contributed by atoms with Gasteiger partial charge in [0.15, 0.2) is 5.69 Å². The Labute approximate surface area is 109 Å². The van der Waals surface area contributed by atoms with Crippen molar-refractivity contribution in [3.05, 3.63) is 38.6 Å². The Kier molecular flexibility index (Phi) is 3.57. The summed E-state index contributed by atoms with van der Waals surface area (Å²) >= 11 is 1.56. The van der Waals surface area contributed by atoms with E-state index in [1.54, 1.807) is 17.4 Å². The zero-order valence-corrected chi connectivity index (χ0v) is 11.0. The molecule has 2 aromatic heterocycles. The number of nitrogens with one attached hydrogen (secondary N) is 1. The molecular formula is C12H13N3O2S. The van der Waals surface area contributed by atoms with Crippen LogP contribution < -0.4 is 5.32 Å². The minimum absolute atomic E-state index is 0.0365. The van der Waals surface area contributed by atoms with Gasteiger partial charge in [-0.2, -0.15) is 0 Å². The van der Waals surface area contributed by atoms with E-state index in [1.807, 2.05) is 25.3 Å². The first-order valence-electron chi connectivity index (χ1n) is 5.56. The van der Waals surface area contributed by atoms with E-state index in [0.717, 1.165) is 17.0 Å². The largest absolute Gasteiger partial charge is 0.370 e. The van der Waals surface area contributed by atoms with Gasteiger partial charge in [0.05, 0.1) is 4.92 Å². The number of rotatable bonds is 4. The molecule has 0 radical (unpaired) electrons. The van der Waals surface area contributed by atoms with Crippen LogP contribution in [0, 0.1) is 17.0 Å². The minimum Gasteiger partial charge on any atom is -0.370 e. The number of pyridine rings is 1. The number of hydrogen-bond donors (Lipinski definition) is 1. The molecule has 0 unspecified atom stereocenters. The Morgan fingerprint density at radius 1 is 1.50 bits per heavy atom. The summed E-state index contributed by atoms with van der Waals surface area (Å²) in [4.78, 5) is 16.0. The van der Waals surface area contributed by atoms with E-state index in [0.29, 0.717) is 11.5 Å². The summed E-state index contributed by atoms with van der Waals surface area (Å²) < 4.78 is 0. The van der Waals surface area contributed by atoms with Crippen molar-refractivity contribution in [1.29, 1.82) is 0 Å². The van der Waals surface area contributed by atoms with Crippen LogP contribution in [0.15, 0.2) is 23.6 Å². The Morgan fingerprint density at radius 2 is 2.28 bits per heavy atom. The fourth-order valence-corrected chi connectivity index (χ4v) is 2.35. The zero-order valence-electron chi connectivity index (χ0n) is 10.1. The maximum absolute atomic E-state index is 11.0. The molecule has 0 aliphatic carbocycles. The first-order valence-corrected chi connectivity index (χ1v) is 6.44. The average molecular weight is 263 g/mol. The summed E-state index contributed by atoms with van der Waals surface area (Å²) in [6.45, 7) is 4.65. The summed E-state index contributed by atoms with van der Waals surface area (Å²) in [6, 6.07) is 5.04. The standard InChI is InChI=1S/C12H13N3O2S/c1-3-13-11-5-4-10(15(16)17)12(14-11)9-6-8(2)18-7-9/h4-7H,3H2,1-2H3,(H,13,14). The van der Waals surface area contributed by atoms with Crippen molar-refractivity contribution < 1.29 is 4.92 Å². The molecule has 0 aromatic carbocycles. The smallest absolute Gasteiger partial charge is 0.295 e. The molecule has 0 atom stereocenters. The first kappa shape index (κ1) is 12.5. The van der Waals surface area contributed by atoms with Crippen LogP contribution >= 0.6 is 11.3 Å². The van der Waals surface area contributed by atoms with Crippen molar-refractivity contribution in [1.82, 2.24) is 4.98 Å². The summed E-state index contributed by atoms with van der Waals surface area (Å²) in [6.07, 6.45) is 0. The van der Waals surface area contributed by atoms with Crippen molar-refractivity contribution in [2.45, 2.75) is 13.8 Å². The van der Waals surface area contributed by atoms with Crippen LogP contribution in [0.1, 0.15) is 11.8 Å². The number of nitrogens with zero attached hydrogens (tertiary/aromatic N) is 2. The SMILES string of the molecule is CCNc1ccc([N+](=O)[O-])c(-c2csc(C)c2)n1. The van der Waals surface area contributed by atoms with Crippen LogP contribution in [0.2, 0.25) is 0 Å². The van der Waals surface area contributed by atoms with Crippen molar-refractivity contribution in [3.8, 4) is 11.3 Å². The summed E-state index contributed by atoms with van der Waals surface area (Å²) in [5, 5.41) is 16.0. The fourth-order valence-electron chi connectivity index (χ4n) is 1.66. The fraction of sp³-hybridized carbons (Fsp3) is 0.250. The van der Waals surface area contributed by atoms with Gasteiger partial charge in [-0.05, 0) is 26.0 Å². The highest BCUT2D eigenvalue weighted by atomic mass is 32.1. The average Bonchev–Trinajstić information content (AvgIpc) is 2.76. The number of anilines is 1. The highest BCUT2D eigenvalue weighted by molar-refractivity contribution is 7.10. The maximum atomic E-state index is 11.0. The molecule has 18 heavy (non-hydrogen) atoms. The van der Waals surface area contributed by atoms with Crippen LogP contribution in [-0.4, -0.2) is 16.5 Å². The summed E-state index contributed by atoms with van der Waals surface area (Å²) in [5.74, 6) is 0.655. The quantitative estimate of drug-likeness (QED) is 0.677. The molecule has 94 valence electrons. The number of nitro groups is 1. The lowest BCUT2D eigenvalue weighted by atomic mass is 10.2. The minimum atomic E-state index is -0.398. The predicted octanol–water partition coefficient (Wildman–Crippen LogP) is 3.46. The molecule has 0 aliphatic heterocycles. The second kappa shape index (κ2) is 5.14. The van der Waals surface area contributed by atoms with Gasteiger partial charge in [0.1, 0.15) is 5.82 Å². The lowest BCUT2D eigenvalue weighted by Crippen LogP contribution is -2.01. The molecule has 0 saturated heterocycles. The molecule has 0 saturated carbocycles. The summed E-state index contributed by atoms with van der Waals surface area (Å²) in [7, 11) is 0. The lowest BCUT2D eigenvalue weighted by molar-refractivity contribution is -0.384. The Morgan fingerprint density at radius 3 is 2.83 bits per heavy atom. The van der Waals surface area contributed by atoms with E-state index < -0.39 is 4.92 Å². The molecule has 0 bridgehead atoms. The third-order valence-electron chi connectivity index (χ3n) is 2.43. The normalized spacial score (nSPS) is 10.3.